The average Bonchev–Trinajstić information content (AvgIpc) is 3.08. The zero-order chi connectivity index (χ0) is 35.9. The monoisotopic (exact) mass is 754 g/mol. The van der Waals surface area contributed by atoms with Crippen LogP contribution in [-0.4, -0.2) is 79.2 Å². The quantitative estimate of drug-likeness (QED) is 0.167. The van der Waals surface area contributed by atoms with Crippen LogP contribution in [0.5, 0.6) is 0 Å². The summed E-state index contributed by atoms with van der Waals surface area (Å²) in [4.78, 5) is 0. The van der Waals surface area contributed by atoms with E-state index in [4.69, 9.17) is 9.31 Å². The molecule has 21 heteroatoms. The summed E-state index contributed by atoms with van der Waals surface area (Å²) < 4.78 is 242. The van der Waals surface area contributed by atoms with Gasteiger partial charge in [0.05, 0.1) is 0 Å². The molecule has 0 spiro atoms. The van der Waals surface area contributed by atoms with Gasteiger partial charge in [0.15, 0.2) is 0 Å². The molecule has 0 aromatic heterocycles. The molecule has 1 fully saturated rings. The Labute approximate surface area is 248 Å². The zero-order valence-electron chi connectivity index (χ0n) is 24.0. The van der Waals surface area contributed by atoms with Gasteiger partial charge in [-0.15, -0.1) is 0 Å². The van der Waals surface area contributed by atoms with E-state index in [1.54, 1.807) is 27.7 Å². The third-order valence-corrected chi connectivity index (χ3v) is 15.2. The van der Waals surface area contributed by atoms with E-state index < -0.39 is 90.9 Å². The van der Waals surface area contributed by atoms with Crippen molar-refractivity contribution in [1.82, 2.24) is 0 Å². The number of hydrogen-bond acceptors (Lipinski definition) is 2. The molecule has 1 heterocycles. The molecule has 0 N–H and O–H groups in total. The minimum absolute atomic E-state index is 0.243. The van der Waals surface area contributed by atoms with Crippen LogP contribution in [0.4, 0.5) is 74.6 Å². The molecule has 0 radical (unpaired) electrons. The van der Waals surface area contributed by atoms with Gasteiger partial charge < -0.3 is 0 Å². The molecule has 260 valence electrons. The van der Waals surface area contributed by atoms with Crippen molar-refractivity contribution < 1.29 is 83.9 Å². The van der Waals surface area contributed by atoms with E-state index in [2.05, 4.69) is 0 Å². The van der Waals surface area contributed by atoms with Gasteiger partial charge in [0.1, 0.15) is 0 Å². The van der Waals surface area contributed by atoms with Crippen LogP contribution in [0, 0.1) is 0 Å². The van der Waals surface area contributed by atoms with Gasteiger partial charge in [-0.25, -0.2) is 0 Å². The Morgan fingerprint density at radius 1 is 0.556 bits per heavy atom. The Morgan fingerprint density at radius 2 is 0.889 bits per heavy atom. The van der Waals surface area contributed by atoms with Crippen molar-refractivity contribution in [3.05, 3.63) is 24.3 Å². The molecule has 0 atom stereocenters. The van der Waals surface area contributed by atoms with Crippen molar-refractivity contribution in [2.45, 2.75) is 110 Å². The Bertz CT molecular complexity index is 1210. The molecule has 1 saturated heterocycles. The second-order valence-electron chi connectivity index (χ2n) is 12.2. The first kappa shape index (κ1) is 39.7. The number of rotatable bonds is 11. The maximum atomic E-state index is 14.5. The van der Waals surface area contributed by atoms with E-state index in [-0.39, 0.29) is 4.40 Å². The average molecular weight is 753 g/mol. The van der Waals surface area contributed by atoms with Gasteiger partial charge in [0.2, 0.25) is 0 Å². The molecular formula is C24H26BF17GeO2. The fraction of sp³-hybridized carbons (Fsp3) is 0.750. The van der Waals surface area contributed by atoms with E-state index in [0.717, 1.165) is 0 Å². The van der Waals surface area contributed by atoms with E-state index in [9.17, 15) is 74.6 Å². The molecule has 0 amide bonds. The van der Waals surface area contributed by atoms with Gasteiger partial charge in [0.25, 0.3) is 0 Å². The van der Waals surface area contributed by atoms with Gasteiger partial charge in [-0.05, 0) is 0 Å². The summed E-state index contributed by atoms with van der Waals surface area (Å²) in [6, 6.07) is 5.49. The topological polar surface area (TPSA) is 18.5 Å². The van der Waals surface area contributed by atoms with E-state index in [0.29, 0.717) is 5.46 Å². The number of alkyl halides is 17. The summed E-state index contributed by atoms with van der Waals surface area (Å²) in [5.41, 5.74) is -1.10. The Morgan fingerprint density at radius 3 is 1.24 bits per heavy atom. The molecule has 2 nitrogen and oxygen atoms in total. The first-order valence-corrected chi connectivity index (χ1v) is 19.4. The van der Waals surface area contributed by atoms with Crippen molar-refractivity contribution in [3.63, 3.8) is 0 Å². The molecule has 1 aliphatic heterocycles. The summed E-state index contributed by atoms with van der Waals surface area (Å²) in [6.45, 7) is 6.94. The van der Waals surface area contributed by atoms with Crippen LogP contribution in [0.25, 0.3) is 0 Å². The van der Waals surface area contributed by atoms with E-state index in [1.165, 1.54) is 35.8 Å². The van der Waals surface area contributed by atoms with Crippen LogP contribution >= 0.6 is 0 Å². The summed E-state index contributed by atoms with van der Waals surface area (Å²) in [5, 5.41) is -1.10. The summed E-state index contributed by atoms with van der Waals surface area (Å²) in [7, 11) is -0.895. The van der Waals surface area contributed by atoms with Crippen LogP contribution in [0.2, 0.25) is 16.8 Å². The first-order chi connectivity index (χ1) is 19.5. The minimum atomic E-state index is -8.63. The molecule has 1 aromatic carbocycles. The Kier molecular flexibility index (Phi) is 9.76. The van der Waals surface area contributed by atoms with Crippen molar-refractivity contribution in [2.75, 3.05) is 0 Å². The van der Waals surface area contributed by atoms with Gasteiger partial charge in [-0.2, -0.15) is 0 Å². The summed E-state index contributed by atoms with van der Waals surface area (Å²) >= 11 is -4.03. The first-order valence-electron chi connectivity index (χ1n) is 12.7. The van der Waals surface area contributed by atoms with Crippen molar-refractivity contribution in [1.29, 1.82) is 0 Å². The standard InChI is InChI=1S/C24H26BF17GeO2/c1-15(2)16(3,4)45-25(44-15)13-7-9-14(10-8-13)43(5,6)12-11-17(26,27)18(28,29)19(30,31)20(32,33)21(34,35)22(36,37)23(38,39)24(40,41)42/h7-10H,11-12H2,1-6H3. The molecule has 0 aliphatic carbocycles. The predicted octanol–water partition coefficient (Wildman–Crippen LogP) is 8.30. The van der Waals surface area contributed by atoms with Crippen LogP contribution < -0.4 is 9.86 Å². The normalized spacial score (nSPS) is 19.3. The number of benzene rings is 1. The molecule has 0 saturated carbocycles. The van der Waals surface area contributed by atoms with E-state index in [1.807, 2.05) is 0 Å². The number of halogens is 17. The molecule has 1 aliphatic rings. The van der Waals surface area contributed by atoms with Crippen LogP contribution in [-0.2, 0) is 9.31 Å². The van der Waals surface area contributed by atoms with E-state index >= 15 is 0 Å². The predicted molar refractivity (Wildman–Crippen MR) is 129 cm³/mol. The van der Waals surface area contributed by atoms with Gasteiger partial charge >= 0.3 is 248 Å². The molecule has 0 unspecified atom stereocenters. The molecule has 1 aromatic rings. The van der Waals surface area contributed by atoms with Crippen LogP contribution in [0.15, 0.2) is 24.3 Å². The SMILES string of the molecule is CC1(C)OB(c2cc[c]([Ge]([CH3])([CH3])[CH2]CC(F)(F)C(F)(F)C(F)(F)C(F)(F)C(F)(F)C(F)(F)C(F)(F)C(F)(F)F)cc2)OC1(C)C. The second kappa shape index (κ2) is 11.0. The fourth-order valence-corrected chi connectivity index (χ4v) is 8.86. The van der Waals surface area contributed by atoms with Gasteiger partial charge in [0, 0.05) is 0 Å². The zero-order valence-corrected chi connectivity index (χ0v) is 26.1. The van der Waals surface area contributed by atoms with Gasteiger partial charge in [-0.1, -0.05) is 0 Å². The van der Waals surface area contributed by atoms with Crippen molar-refractivity contribution in [3.8, 4) is 0 Å². The molecule has 0 bridgehead atoms. The fourth-order valence-electron chi connectivity index (χ4n) is 4.04. The second-order valence-corrected chi connectivity index (χ2v) is 22.4. The van der Waals surface area contributed by atoms with Crippen LogP contribution in [0.1, 0.15) is 34.1 Å². The molecular weight excluding hydrogens is 727 g/mol. The van der Waals surface area contributed by atoms with Gasteiger partial charge in [-0.3, -0.25) is 0 Å². The third kappa shape index (κ3) is 6.05. The summed E-state index contributed by atoms with van der Waals surface area (Å²) in [6.07, 6.45) is -10.2. The Hall–Kier alpha value is -1.44. The van der Waals surface area contributed by atoms with Crippen molar-refractivity contribution in [2.24, 2.45) is 0 Å². The third-order valence-electron chi connectivity index (χ3n) is 8.07. The number of hydrogen-bond donors (Lipinski definition) is 0. The summed E-state index contributed by atoms with van der Waals surface area (Å²) in [5.74, 6) is -53.6. The van der Waals surface area contributed by atoms with Crippen LogP contribution in [0.3, 0.4) is 0 Å². The molecule has 45 heavy (non-hydrogen) atoms. The molecule has 2 rings (SSSR count). The van der Waals surface area contributed by atoms with Crippen molar-refractivity contribution >= 4 is 30.2 Å². The Balaban J connectivity index is 2.35. The maximum absolute atomic E-state index is 14.5.